The number of halogens is 4. The minimum absolute atomic E-state index is 0.137. The van der Waals surface area contributed by atoms with Crippen molar-refractivity contribution in [3.63, 3.8) is 0 Å². The Morgan fingerprint density at radius 2 is 2.19 bits per heavy atom. The number of hydrogen-bond donors (Lipinski definition) is 1. The SMILES string of the molecule is Cc1cc(Br)cnc1NC(=O)CC(F)(F)F. The molecule has 3 nitrogen and oxygen atoms in total. The molecule has 0 aromatic carbocycles. The number of rotatable bonds is 2. The van der Waals surface area contributed by atoms with E-state index >= 15 is 0 Å². The number of aromatic nitrogens is 1. The lowest BCUT2D eigenvalue weighted by molar-refractivity contribution is -0.150. The molecule has 1 heterocycles. The highest BCUT2D eigenvalue weighted by atomic mass is 79.9. The van der Waals surface area contributed by atoms with E-state index in [1.165, 1.54) is 6.20 Å². The Balaban J connectivity index is 2.70. The van der Waals surface area contributed by atoms with E-state index in [1.807, 2.05) is 0 Å². The molecule has 0 radical (unpaired) electrons. The monoisotopic (exact) mass is 296 g/mol. The van der Waals surface area contributed by atoms with Gasteiger partial charge in [-0.05, 0) is 34.5 Å². The highest BCUT2D eigenvalue weighted by Crippen LogP contribution is 2.21. The van der Waals surface area contributed by atoms with Crippen molar-refractivity contribution in [1.82, 2.24) is 4.98 Å². The van der Waals surface area contributed by atoms with Gasteiger partial charge in [-0.1, -0.05) is 0 Å². The summed E-state index contributed by atoms with van der Waals surface area (Å²) in [4.78, 5) is 14.8. The number of carbonyl (C=O) groups is 1. The Bertz CT molecular complexity index is 406. The van der Waals surface area contributed by atoms with Gasteiger partial charge in [-0.15, -0.1) is 0 Å². The lowest BCUT2D eigenvalue weighted by Crippen LogP contribution is -2.22. The highest BCUT2D eigenvalue weighted by molar-refractivity contribution is 9.10. The number of pyridine rings is 1. The first kappa shape index (κ1) is 13.0. The van der Waals surface area contributed by atoms with Crippen molar-refractivity contribution in [3.05, 3.63) is 22.3 Å². The summed E-state index contributed by atoms with van der Waals surface area (Å²) < 4.78 is 36.3. The number of nitrogens with zero attached hydrogens (tertiary/aromatic N) is 1. The minimum atomic E-state index is -4.51. The molecule has 1 aromatic rings. The van der Waals surface area contributed by atoms with E-state index in [0.29, 0.717) is 10.0 Å². The molecule has 0 aliphatic carbocycles. The second-order valence-electron chi connectivity index (χ2n) is 3.16. The van der Waals surface area contributed by atoms with Gasteiger partial charge in [0.1, 0.15) is 12.2 Å². The average Bonchev–Trinajstić information content (AvgIpc) is 2.06. The lowest BCUT2D eigenvalue weighted by atomic mass is 10.3. The summed E-state index contributed by atoms with van der Waals surface area (Å²) in [6.07, 6.45) is -4.62. The molecule has 1 aromatic heterocycles. The molecule has 0 spiro atoms. The van der Waals surface area contributed by atoms with Gasteiger partial charge in [-0.2, -0.15) is 13.2 Å². The van der Waals surface area contributed by atoms with E-state index < -0.39 is 18.5 Å². The summed E-state index contributed by atoms with van der Waals surface area (Å²) in [5, 5.41) is 2.10. The van der Waals surface area contributed by atoms with Crippen molar-refractivity contribution < 1.29 is 18.0 Å². The Hall–Kier alpha value is -1.11. The summed E-state index contributed by atoms with van der Waals surface area (Å²) in [5.74, 6) is -0.983. The van der Waals surface area contributed by atoms with Crippen LogP contribution in [0.2, 0.25) is 0 Å². The Morgan fingerprint density at radius 3 is 2.69 bits per heavy atom. The van der Waals surface area contributed by atoms with Gasteiger partial charge >= 0.3 is 6.18 Å². The fourth-order valence-corrected chi connectivity index (χ4v) is 1.48. The number of alkyl halides is 3. The van der Waals surface area contributed by atoms with Gasteiger partial charge in [0, 0.05) is 10.7 Å². The predicted octanol–water partition coefficient (Wildman–Crippen LogP) is 3.04. The molecule has 0 aliphatic heterocycles. The highest BCUT2D eigenvalue weighted by Gasteiger charge is 2.31. The van der Waals surface area contributed by atoms with Crippen LogP contribution in [0.4, 0.5) is 19.0 Å². The van der Waals surface area contributed by atoms with Crippen LogP contribution in [0.5, 0.6) is 0 Å². The van der Waals surface area contributed by atoms with Gasteiger partial charge in [0.2, 0.25) is 5.91 Å². The molecule has 0 aliphatic rings. The number of carbonyl (C=O) groups excluding carboxylic acids is 1. The van der Waals surface area contributed by atoms with E-state index in [-0.39, 0.29) is 5.82 Å². The van der Waals surface area contributed by atoms with Crippen LogP contribution < -0.4 is 5.32 Å². The number of hydrogen-bond acceptors (Lipinski definition) is 2. The van der Waals surface area contributed by atoms with Crippen molar-refractivity contribution in [3.8, 4) is 0 Å². The maximum Gasteiger partial charge on any atom is 0.397 e. The summed E-state index contributed by atoms with van der Waals surface area (Å²) in [7, 11) is 0. The van der Waals surface area contributed by atoms with Gasteiger partial charge in [-0.25, -0.2) is 4.98 Å². The second kappa shape index (κ2) is 4.82. The van der Waals surface area contributed by atoms with Crippen LogP contribution in [-0.2, 0) is 4.79 Å². The van der Waals surface area contributed by atoms with Crippen LogP contribution in [-0.4, -0.2) is 17.1 Å². The molecule has 0 fully saturated rings. The maximum absolute atomic E-state index is 11.9. The second-order valence-corrected chi connectivity index (χ2v) is 4.07. The van der Waals surface area contributed by atoms with Crippen molar-refractivity contribution >= 4 is 27.7 Å². The van der Waals surface area contributed by atoms with Crippen LogP contribution in [0, 0.1) is 6.92 Å². The van der Waals surface area contributed by atoms with Crippen LogP contribution in [0.15, 0.2) is 16.7 Å². The number of aryl methyl sites for hydroxylation is 1. The maximum atomic E-state index is 11.9. The van der Waals surface area contributed by atoms with Gasteiger partial charge < -0.3 is 5.32 Å². The van der Waals surface area contributed by atoms with Crippen LogP contribution in [0.3, 0.4) is 0 Å². The summed E-state index contributed by atoms with van der Waals surface area (Å²) in [5.41, 5.74) is 0.588. The quantitative estimate of drug-likeness (QED) is 0.911. The Kier molecular flexibility index (Phi) is 3.90. The zero-order valence-electron chi connectivity index (χ0n) is 8.23. The van der Waals surface area contributed by atoms with Crippen LogP contribution >= 0.6 is 15.9 Å². The average molecular weight is 297 g/mol. The lowest BCUT2D eigenvalue weighted by Gasteiger charge is -2.09. The smallest absolute Gasteiger partial charge is 0.310 e. The fraction of sp³-hybridized carbons (Fsp3) is 0.333. The molecule has 7 heteroatoms. The Labute approximate surface area is 98.2 Å². The number of nitrogens with one attached hydrogen (secondary N) is 1. The third-order valence-corrected chi connectivity index (χ3v) is 2.10. The first-order valence-electron chi connectivity index (χ1n) is 4.26. The van der Waals surface area contributed by atoms with E-state index in [0.717, 1.165) is 0 Å². The zero-order chi connectivity index (χ0) is 12.3. The summed E-state index contributed by atoms with van der Waals surface area (Å²) >= 11 is 3.16. The molecule has 0 bridgehead atoms. The molecule has 1 amide bonds. The first-order chi connectivity index (χ1) is 7.28. The number of amides is 1. The molecule has 16 heavy (non-hydrogen) atoms. The minimum Gasteiger partial charge on any atom is -0.310 e. The fourth-order valence-electron chi connectivity index (χ4n) is 1.03. The largest absolute Gasteiger partial charge is 0.397 e. The van der Waals surface area contributed by atoms with Gasteiger partial charge in [0.25, 0.3) is 0 Å². The molecule has 1 N–H and O–H groups in total. The van der Waals surface area contributed by atoms with Gasteiger partial charge in [0.15, 0.2) is 0 Å². The third kappa shape index (κ3) is 4.18. The topological polar surface area (TPSA) is 42.0 Å². The molecule has 1 rings (SSSR count). The molecular formula is C9H8BrF3N2O. The predicted molar refractivity (Wildman–Crippen MR) is 56.0 cm³/mol. The van der Waals surface area contributed by atoms with E-state index in [9.17, 15) is 18.0 Å². The summed E-state index contributed by atoms with van der Waals surface area (Å²) in [6.45, 7) is 1.64. The number of anilines is 1. The van der Waals surface area contributed by atoms with E-state index in [2.05, 4.69) is 26.2 Å². The van der Waals surface area contributed by atoms with Crippen molar-refractivity contribution in [1.29, 1.82) is 0 Å². The van der Waals surface area contributed by atoms with E-state index in [4.69, 9.17) is 0 Å². The van der Waals surface area contributed by atoms with Crippen LogP contribution in [0.25, 0.3) is 0 Å². The molecular weight excluding hydrogens is 289 g/mol. The van der Waals surface area contributed by atoms with Crippen molar-refractivity contribution in [2.24, 2.45) is 0 Å². The van der Waals surface area contributed by atoms with Gasteiger partial charge in [-0.3, -0.25) is 4.79 Å². The molecule has 0 unspecified atom stereocenters. The van der Waals surface area contributed by atoms with Crippen molar-refractivity contribution in [2.75, 3.05) is 5.32 Å². The normalized spacial score (nSPS) is 11.3. The van der Waals surface area contributed by atoms with Crippen molar-refractivity contribution in [2.45, 2.75) is 19.5 Å². The zero-order valence-corrected chi connectivity index (χ0v) is 9.82. The Morgan fingerprint density at radius 1 is 1.56 bits per heavy atom. The van der Waals surface area contributed by atoms with Crippen LogP contribution in [0.1, 0.15) is 12.0 Å². The molecule has 0 saturated heterocycles. The summed E-state index contributed by atoms with van der Waals surface area (Å²) in [6, 6.07) is 1.65. The van der Waals surface area contributed by atoms with Gasteiger partial charge in [0.05, 0.1) is 0 Å². The molecule has 88 valence electrons. The first-order valence-corrected chi connectivity index (χ1v) is 5.06. The molecule has 0 saturated carbocycles. The third-order valence-electron chi connectivity index (χ3n) is 1.66. The standard InChI is InChI=1S/C9H8BrF3N2O/c1-5-2-6(10)4-14-8(5)15-7(16)3-9(11,12)13/h2,4H,3H2,1H3,(H,14,15,16). The molecule has 0 atom stereocenters. The van der Waals surface area contributed by atoms with E-state index in [1.54, 1.807) is 13.0 Å².